The van der Waals surface area contributed by atoms with Crippen LogP contribution in [0, 0.1) is 6.92 Å². The third-order valence-electron chi connectivity index (χ3n) is 28.5. The summed E-state index contributed by atoms with van der Waals surface area (Å²) in [6.07, 6.45) is 13.2. The van der Waals surface area contributed by atoms with Gasteiger partial charge in [-0.3, -0.25) is 58.8 Å². The Morgan fingerprint density at radius 3 is 0.956 bits per heavy atom. The van der Waals surface area contributed by atoms with Crippen LogP contribution >= 0.6 is 55.1 Å². The second kappa shape index (κ2) is 59.0. The van der Waals surface area contributed by atoms with Crippen molar-refractivity contribution >= 4 is 55.1 Å². The molecule has 0 spiro atoms. The lowest BCUT2D eigenvalue weighted by Crippen LogP contribution is -2.52. The van der Waals surface area contributed by atoms with Crippen molar-refractivity contribution in [2.24, 2.45) is 0 Å². The third-order valence-corrected chi connectivity index (χ3v) is 30.3. The molecular formula is C113H183Br2Cl2F3N12O5. The fraction of sp³-hybridized carbons (Fsp3) is 0.681. The Hall–Kier alpha value is -4.83. The number of aryl methyl sites for hydroxylation is 1. The molecule has 6 saturated heterocycles. The van der Waals surface area contributed by atoms with Crippen molar-refractivity contribution in [2.75, 3.05) is 192 Å². The quantitative estimate of drug-likeness (QED) is 0.0391. The van der Waals surface area contributed by atoms with Crippen molar-refractivity contribution < 1.29 is 36.9 Å². The van der Waals surface area contributed by atoms with Gasteiger partial charge in [-0.1, -0.05) is 125 Å². The van der Waals surface area contributed by atoms with Crippen molar-refractivity contribution in [3.8, 4) is 28.7 Å². The number of piperidine rings is 6. The number of rotatable bonds is 33. The summed E-state index contributed by atoms with van der Waals surface area (Å²) < 4.78 is 70.4. The van der Waals surface area contributed by atoms with E-state index in [1.165, 1.54) is 155 Å². The van der Waals surface area contributed by atoms with E-state index in [1.807, 2.05) is 127 Å². The Kier molecular flexibility index (Phi) is 51.3. The van der Waals surface area contributed by atoms with Gasteiger partial charge in [-0.2, -0.15) is 13.2 Å². The molecule has 774 valence electrons. The number of nitrogens with zero attached hydrogens (tertiary/aromatic N) is 12. The van der Waals surface area contributed by atoms with Gasteiger partial charge in [0.05, 0.1) is 16.0 Å². The Bertz CT molecular complexity index is 4020. The average Bonchev–Trinajstić information content (AvgIpc) is 0.473. The van der Waals surface area contributed by atoms with E-state index >= 15 is 0 Å². The number of hydrogen-bond acceptors (Lipinski definition) is 17. The zero-order valence-electron chi connectivity index (χ0n) is 89.2. The van der Waals surface area contributed by atoms with Crippen LogP contribution in [0.2, 0.25) is 10.0 Å². The molecule has 6 aliphatic heterocycles. The van der Waals surface area contributed by atoms with Gasteiger partial charge in [0.2, 0.25) is 0 Å². The molecular weight excluding hydrogens is 1890 g/mol. The minimum absolute atomic E-state index is 0.0222. The number of hydrogen-bond donors (Lipinski definition) is 0. The number of ether oxygens (including phenoxy) is 5. The maximum absolute atomic E-state index is 13.0. The molecule has 12 rings (SSSR count). The van der Waals surface area contributed by atoms with Crippen molar-refractivity contribution in [3.05, 3.63) is 182 Å². The van der Waals surface area contributed by atoms with Crippen molar-refractivity contribution in [3.63, 3.8) is 0 Å². The van der Waals surface area contributed by atoms with Crippen molar-refractivity contribution in [2.45, 2.75) is 310 Å². The Morgan fingerprint density at radius 2 is 0.620 bits per heavy atom. The fourth-order valence-corrected chi connectivity index (χ4v) is 20.1. The van der Waals surface area contributed by atoms with Crippen LogP contribution in [0.3, 0.4) is 0 Å². The number of benzene rings is 6. The molecule has 0 amide bonds. The second-order valence-corrected chi connectivity index (χ2v) is 47.4. The highest BCUT2D eigenvalue weighted by atomic mass is 79.9. The minimum atomic E-state index is -4.14. The van der Waals surface area contributed by atoms with E-state index in [2.05, 4.69) is 277 Å². The lowest BCUT2D eigenvalue weighted by molar-refractivity contribution is -0.153. The smallest absolute Gasteiger partial charge is 0.401 e. The van der Waals surface area contributed by atoms with Crippen LogP contribution in [-0.4, -0.2) is 327 Å². The van der Waals surface area contributed by atoms with Gasteiger partial charge in [0.15, 0.2) is 0 Å². The van der Waals surface area contributed by atoms with Gasteiger partial charge in [-0.05, 0) is 363 Å². The van der Waals surface area contributed by atoms with Gasteiger partial charge in [0.1, 0.15) is 61.8 Å². The van der Waals surface area contributed by atoms with Gasteiger partial charge in [-0.25, -0.2) is 0 Å². The molecule has 6 heterocycles. The number of unbranched alkanes of at least 4 members (excludes halogenated alkanes) is 1. The van der Waals surface area contributed by atoms with Crippen LogP contribution in [0.4, 0.5) is 13.2 Å². The molecule has 17 nitrogen and oxygen atoms in total. The number of halogens is 7. The van der Waals surface area contributed by atoms with Crippen LogP contribution in [-0.2, 0) is 6.42 Å². The van der Waals surface area contributed by atoms with E-state index in [1.54, 1.807) is 4.90 Å². The first kappa shape index (κ1) is 119. The summed E-state index contributed by atoms with van der Waals surface area (Å²) in [7, 11) is 8.86. The Labute approximate surface area is 857 Å². The Morgan fingerprint density at radius 1 is 0.328 bits per heavy atom. The summed E-state index contributed by atoms with van der Waals surface area (Å²) in [5, 5.41) is 1.43. The van der Waals surface area contributed by atoms with Crippen molar-refractivity contribution in [1.29, 1.82) is 0 Å². The summed E-state index contributed by atoms with van der Waals surface area (Å²) in [4.78, 5) is 29.5. The summed E-state index contributed by atoms with van der Waals surface area (Å²) >= 11 is 18.9. The van der Waals surface area contributed by atoms with Gasteiger partial charge >= 0.3 is 6.18 Å². The predicted molar refractivity (Wildman–Crippen MR) is 581 cm³/mol. The molecule has 0 bridgehead atoms. The van der Waals surface area contributed by atoms with E-state index < -0.39 is 12.7 Å². The normalized spacial score (nSPS) is 17.8. The minimum Gasteiger partial charge on any atom is -0.492 e. The highest BCUT2D eigenvalue weighted by Gasteiger charge is 2.39. The lowest BCUT2D eigenvalue weighted by atomic mass is 9.96. The zero-order chi connectivity index (χ0) is 101. The molecule has 0 saturated carbocycles. The first-order valence-corrected chi connectivity index (χ1v) is 54.0. The molecule has 0 aromatic heterocycles. The van der Waals surface area contributed by atoms with E-state index in [-0.39, 0.29) is 17.1 Å². The monoisotopic (exact) mass is 2070 g/mol. The van der Waals surface area contributed by atoms with Gasteiger partial charge in [0, 0.05) is 197 Å². The lowest BCUT2D eigenvalue weighted by Gasteiger charge is -2.44. The molecule has 137 heavy (non-hydrogen) atoms. The molecule has 0 N–H and O–H groups in total. The number of alkyl halides is 3. The third kappa shape index (κ3) is 45.6. The molecule has 6 aromatic rings. The predicted octanol–water partition coefficient (Wildman–Crippen LogP) is 25.0. The first-order chi connectivity index (χ1) is 64.5. The molecule has 0 atom stereocenters. The van der Waals surface area contributed by atoms with Crippen LogP contribution in [0.25, 0.3) is 0 Å². The molecule has 6 aromatic carbocycles. The molecule has 0 aliphatic carbocycles. The number of likely N-dealkylation sites (N-methyl/N-ethyl adjacent to an activating group) is 4. The molecule has 24 heteroatoms. The van der Waals surface area contributed by atoms with E-state index in [0.717, 1.165) is 133 Å². The van der Waals surface area contributed by atoms with E-state index in [9.17, 15) is 13.2 Å². The summed E-state index contributed by atoms with van der Waals surface area (Å²) in [5.41, 5.74) is 3.94. The Balaban J connectivity index is 0.000000224. The molecule has 6 fully saturated rings. The molecule has 0 radical (unpaired) electrons. The summed E-state index contributed by atoms with van der Waals surface area (Å²) in [6.45, 7) is 68.7. The topological polar surface area (TPSA) is 85.0 Å². The standard InChI is InChI=1S/C22H38N2O.C19H29F3N2.2C18H29BrN2O.2C18H29ClN2O/c1-6-7-14-23(17-18-25-21-10-8-19(2)9-11-21)20-12-15-24(16-13-20)22(3,4)5;1-18(2,3)24-13-10-17(11-14-24)23(15-19(20,21)22)12-9-16-7-5-4-6-8-16;1-18(2,3)21-11-9-16(10-12-21)20(4)13-14-22-17-7-5-15(19)6-8-17;1-18(2,3)21-11-9-15(10-12-21)20(4)13-14-22-17-8-6-5-7-16(17)19;1-18(2,3)21-11-9-16(10-12-21)20(4)13-14-22-17-7-5-15(19)6-8-17;1-18(2,3)21-11-9-15(10-12-21)20(4)13-14-22-17-8-6-5-7-16(17)19/h8-11,20H,6-7,12-18H2,1-5H3;4-8,17H,9-15H2,1-3H3;5-8,16H,9-14H2,1-4H3;5-8,15H,9-14H2,1-4H3;5-8,16H,9-14H2,1-4H3;5-8,15H,9-14H2,1-4H3. The highest BCUT2D eigenvalue weighted by Crippen LogP contribution is 2.33. The van der Waals surface area contributed by atoms with Gasteiger partial charge < -0.3 is 23.7 Å². The molecule has 6 aliphatic rings. The maximum Gasteiger partial charge on any atom is 0.401 e. The van der Waals surface area contributed by atoms with Crippen LogP contribution < -0.4 is 23.7 Å². The summed E-state index contributed by atoms with van der Waals surface area (Å²) in [5.74, 6) is 4.53. The second-order valence-electron chi connectivity index (χ2n) is 44.8. The largest absolute Gasteiger partial charge is 0.492 e. The van der Waals surface area contributed by atoms with Crippen LogP contribution in [0.1, 0.15) is 233 Å². The maximum atomic E-state index is 13.0. The number of likely N-dealkylation sites (tertiary alicyclic amines) is 6. The van der Waals surface area contributed by atoms with E-state index in [4.69, 9.17) is 46.9 Å². The van der Waals surface area contributed by atoms with Gasteiger partial charge in [-0.15, -0.1) is 0 Å². The SMILES string of the molecule is CC(C)(C)N1CCC(N(CCc2ccccc2)CC(F)(F)F)CC1.CCCCN(CCOc1ccc(C)cc1)C1CCN(C(C)(C)C)CC1.CN(CCOc1ccc(Br)cc1)C1CCN(C(C)(C)C)CC1.CN(CCOc1ccc(Cl)cc1)C1CCN(C(C)(C)C)CC1.CN(CCOc1ccccc1Br)C1CCN(C(C)(C)C)CC1.CN(CCOc1ccccc1Cl)C1CCN(C(C)(C)C)CC1. The van der Waals surface area contributed by atoms with Crippen LogP contribution in [0.15, 0.2) is 161 Å². The van der Waals surface area contributed by atoms with Crippen molar-refractivity contribution in [1.82, 2.24) is 58.8 Å². The van der Waals surface area contributed by atoms with Crippen LogP contribution in [0.5, 0.6) is 28.7 Å². The van der Waals surface area contributed by atoms with Gasteiger partial charge in [0.25, 0.3) is 0 Å². The van der Waals surface area contributed by atoms with E-state index in [0.29, 0.717) is 77.0 Å². The fourth-order valence-electron chi connectivity index (χ4n) is 19.1. The number of para-hydroxylation sites is 2. The first-order valence-electron chi connectivity index (χ1n) is 51.6. The molecule has 0 unspecified atom stereocenters. The zero-order valence-corrected chi connectivity index (χ0v) is 93.9. The summed E-state index contributed by atoms with van der Waals surface area (Å²) in [6, 6.07) is 52.9. The highest BCUT2D eigenvalue weighted by molar-refractivity contribution is 9.10. The average molecular weight is 2080 g/mol.